The first-order valence-electron chi connectivity index (χ1n) is 5.06. The molecule has 0 amide bonds. The van der Waals surface area contributed by atoms with Crippen molar-refractivity contribution in [1.82, 2.24) is 5.32 Å². The molecule has 0 aromatic heterocycles. The van der Waals surface area contributed by atoms with Gasteiger partial charge in [-0.1, -0.05) is 12.2 Å². The monoisotopic (exact) mass is 233 g/mol. The molecule has 4 nitrogen and oxygen atoms in total. The molecule has 0 spiro atoms. The van der Waals surface area contributed by atoms with E-state index in [1.807, 2.05) is 12.2 Å². The Morgan fingerprint density at radius 2 is 2.00 bits per heavy atom. The zero-order valence-corrected chi connectivity index (χ0v) is 10.1. The van der Waals surface area contributed by atoms with Crippen LogP contribution in [0.15, 0.2) is 12.2 Å². The van der Waals surface area contributed by atoms with Crippen molar-refractivity contribution in [3.05, 3.63) is 12.2 Å². The summed E-state index contributed by atoms with van der Waals surface area (Å²) >= 11 is 0. The zero-order valence-electron chi connectivity index (χ0n) is 9.32. The molecule has 0 heterocycles. The van der Waals surface area contributed by atoms with Crippen LogP contribution in [0.2, 0.25) is 0 Å². The highest BCUT2D eigenvalue weighted by Crippen LogP contribution is 2.30. The molecule has 0 unspecified atom stereocenters. The summed E-state index contributed by atoms with van der Waals surface area (Å²) in [6, 6.07) is 0. The Morgan fingerprint density at radius 3 is 2.47 bits per heavy atom. The van der Waals surface area contributed by atoms with Crippen molar-refractivity contribution in [2.24, 2.45) is 0 Å². The molecule has 15 heavy (non-hydrogen) atoms. The summed E-state index contributed by atoms with van der Waals surface area (Å²) in [6.07, 6.45) is 6.44. The summed E-state index contributed by atoms with van der Waals surface area (Å²) < 4.78 is 27.7. The lowest BCUT2D eigenvalue weighted by Gasteiger charge is -2.27. The molecule has 1 aliphatic carbocycles. The second-order valence-electron chi connectivity index (χ2n) is 4.00. The fourth-order valence-electron chi connectivity index (χ4n) is 1.75. The molecule has 0 aliphatic heterocycles. The van der Waals surface area contributed by atoms with E-state index < -0.39 is 14.6 Å². The summed E-state index contributed by atoms with van der Waals surface area (Å²) in [5.41, 5.74) is 0. The lowest BCUT2D eigenvalue weighted by molar-refractivity contribution is 0.198. The van der Waals surface area contributed by atoms with Gasteiger partial charge in [0.15, 0.2) is 9.84 Å². The molecule has 0 bridgehead atoms. The highest BCUT2D eigenvalue weighted by atomic mass is 32.2. The van der Waals surface area contributed by atoms with Crippen molar-refractivity contribution < 1.29 is 13.2 Å². The number of methoxy groups -OCH3 is 1. The van der Waals surface area contributed by atoms with E-state index in [9.17, 15) is 8.42 Å². The molecule has 0 fully saturated rings. The minimum Gasteiger partial charge on any atom is -0.383 e. The van der Waals surface area contributed by atoms with E-state index >= 15 is 0 Å². The lowest BCUT2D eigenvalue weighted by Crippen LogP contribution is -2.45. The van der Waals surface area contributed by atoms with Gasteiger partial charge in [-0.05, 0) is 12.8 Å². The van der Waals surface area contributed by atoms with Crippen LogP contribution < -0.4 is 5.32 Å². The van der Waals surface area contributed by atoms with E-state index in [2.05, 4.69) is 5.32 Å². The average molecular weight is 233 g/mol. The quantitative estimate of drug-likeness (QED) is 0.531. The maximum Gasteiger partial charge on any atom is 0.155 e. The van der Waals surface area contributed by atoms with E-state index in [-0.39, 0.29) is 0 Å². The standard InChI is InChI=1S/C10H19NO3S/c1-14-8-7-11-9-10(15(2,12)13)5-3-4-6-10/h3-4,11H,5-9H2,1-2H3. The minimum absolute atomic E-state index is 0.502. The summed E-state index contributed by atoms with van der Waals surface area (Å²) in [4.78, 5) is 0. The molecule has 0 aromatic rings. The Hall–Kier alpha value is -0.390. The van der Waals surface area contributed by atoms with Gasteiger partial charge in [-0.25, -0.2) is 8.42 Å². The fraction of sp³-hybridized carbons (Fsp3) is 0.800. The SMILES string of the molecule is COCCNCC1(S(C)(=O)=O)CC=CC1. The van der Waals surface area contributed by atoms with Crippen LogP contribution >= 0.6 is 0 Å². The summed E-state index contributed by atoms with van der Waals surface area (Å²) in [5.74, 6) is 0. The third-order valence-corrected chi connectivity index (χ3v) is 4.91. The largest absolute Gasteiger partial charge is 0.383 e. The molecular weight excluding hydrogens is 214 g/mol. The summed E-state index contributed by atoms with van der Waals surface area (Å²) in [7, 11) is -1.39. The smallest absolute Gasteiger partial charge is 0.155 e. The average Bonchev–Trinajstić information content (AvgIpc) is 2.61. The maximum absolute atomic E-state index is 11.7. The first kappa shape index (κ1) is 12.7. The first-order valence-corrected chi connectivity index (χ1v) is 6.95. The van der Waals surface area contributed by atoms with Gasteiger partial charge >= 0.3 is 0 Å². The van der Waals surface area contributed by atoms with Crippen molar-refractivity contribution in [2.45, 2.75) is 17.6 Å². The van der Waals surface area contributed by atoms with Crippen molar-refractivity contribution in [3.8, 4) is 0 Å². The predicted octanol–water partition coefficient (Wildman–Crippen LogP) is 0.356. The van der Waals surface area contributed by atoms with Crippen molar-refractivity contribution in [3.63, 3.8) is 0 Å². The van der Waals surface area contributed by atoms with Gasteiger partial charge in [0.05, 0.1) is 11.4 Å². The van der Waals surface area contributed by atoms with Crippen LogP contribution in [0.5, 0.6) is 0 Å². The Morgan fingerprint density at radius 1 is 1.40 bits per heavy atom. The zero-order chi connectivity index (χ0) is 11.4. The van der Waals surface area contributed by atoms with Crippen LogP contribution in [0.4, 0.5) is 0 Å². The molecule has 1 rings (SSSR count). The van der Waals surface area contributed by atoms with Crippen molar-refractivity contribution in [2.75, 3.05) is 33.1 Å². The molecule has 0 saturated carbocycles. The van der Waals surface area contributed by atoms with E-state index in [4.69, 9.17) is 4.74 Å². The van der Waals surface area contributed by atoms with Gasteiger partial charge < -0.3 is 10.1 Å². The molecular formula is C10H19NO3S. The molecule has 1 N–H and O–H groups in total. The van der Waals surface area contributed by atoms with Gasteiger partial charge in [-0.3, -0.25) is 0 Å². The molecule has 0 atom stereocenters. The Labute approximate surface area is 91.6 Å². The van der Waals surface area contributed by atoms with Crippen LogP contribution in [0.3, 0.4) is 0 Å². The number of hydrogen-bond donors (Lipinski definition) is 1. The molecule has 0 radical (unpaired) electrons. The van der Waals surface area contributed by atoms with E-state index in [0.717, 1.165) is 0 Å². The third kappa shape index (κ3) is 3.03. The first-order chi connectivity index (χ1) is 7.02. The van der Waals surface area contributed by atoms with Gasteiger partial charge in [-0.2, -0.15) is 0 Å². The second kappa shape index (κ2) is 5.09. The van der Waals surface area contributed by atoms with E-state index in [1.54, 1.807) is 7.11 Å². The van der Waals surface area contributed by atoms with Crippen LogP contribution in [-0.4, -0.2) is 46.2 Å². The molecule has 0 aromatic carbocycles. The Balaban J connectivity index is 2.53. The van der Waals surface area contributed by atoms with Crippen LogP contribution in [0.1, 0.15) is 12.8 Å². The number of ether oxygens (including phenoxy) is 1. The van der Waals surface area contributed by atoms with Crippen molar-refractivity contribution in [1.29, 1.82) is 0 Å². The van der Waals surface area contributed by atoms with Gasteiger partial charge in [0.25, 0.3) is 0 Å². The molecule has 88 valence electrons. The fourth-order valence-corrected chi connectivity index (χ4v) is 2.91. The van der Waals surface area contributed by atoms with Crippen LogP contribution in [-0.2, 0) is 14.6 Å². The normalized spacial score (nSPS) is 19.6. The molecule has 1 aliphatic rings. The number of nitrogens with one attached hydrogen (secondary N) is 1. The highest BCUT2D eigenvalue weighted by Gasteiger charge is 2.40. The molecule has 0 saturated heterocycles. The van der Waals surface area contributed by atoms with E-state index in [1.165, 1.54) is 6.26 Å². The Bertz CT molecular complexity index is 314. The third-order valence-electron chi connectivity index (χ3n) is 2.86. The summed E-state index contributed by atoms with van der Waals surface area (Å²) in [5, 5.41) is 3.13. The number of rotatable bonds is 6. The second-order valence-corrected chi connectivity index (χ2v) is 6.41. The van der Waals surface area contributed by atoms with Gasteiger partial charge in [0.1, 0.15) is 0 Å². The topological polar surface area (TPSA) is 55.4 Å². The number of allylic oxidation sites excluding steroid dienone is 2. The van der Waals surface area contributed by atoms with Gasteiger partial charge in [0, 0.05) is 26.5 Å². The molecule has 5 heteroatoms. The lowest BCUT2D eigenvalue weighted by atomic mass is 10.1. The van der Waals surface area contributed by atoms with Gasteiger partial charge in [0.2, 0.25) is 0 Å². The summed E-state index contributed by atoms with van der Waals surface area (Å²) in [6.45, 7) is 1.79. The van der Waals surface area contributed by atoms with Crippen LogP contribution in [0.25, 0.3) is 0 Å². The highest BCUT2D eigenvalue weighted by molar-refractivity contribution is 7.92. The minimum atomic E-state index is -3.02. The predicted molar refractivity (Wildman–Crippen MR) is 60.7 cm³/mol. The van der Waals surface area contributed by atoms with E-state index in [0.29, 0.717) is 32.5 Å². The number of hydrogen-bond acceptors (Lipinski definition) is 4. The Kier molecular flexibility index (Phi) is 4.31. The van der Waals surface area contributed by atoms with Crippen LogP contribution in [0, 0.1) is 0 Å². The van der Waals surface area contributed by atoms with Crippen molar-refractivity contribution >= 4 is 9.84 Å². The van der Waals surface area contributed by atoms with Gasteiger partial charge in [-0.15, -0.1) is 0 Å². The maximum atomic E-state index is 11.7. The number of sulfone groups is 1.